The molecule has 0 saturated carbocycles. The van der Waals surface area contributed by atoms with Crippen molar-refractivity contribution in [1.29, 1.82) is 0 Å². The number of hydrogen-bond acceptors (Lipinski definition) is 1. The maximum atomic E-state index is 13.0. The molecule has 1 nitrogen and oxygen atoms in total. The first-order valence-corrected chi connectivity index (χ1v) is 4.26. The first kappa shape index (κ1) is 9.96. The molecule has 1 aromatic carbocycles. The highest BCUT2D eigenvalue weighted by Crippen LogP contribution is 2.15. The third-order valence-electron chi connectivity index (χ3n) is 1.95. The van der Waals surface area contributed by atoms with Crippen LogP contribution in [0.2, 0.25) is 0 Å². The molecule has 0 aliphatic heterocycles. The molecule has 0 aliphatic rings. The summed E-state index contributed by atoms with van der Waals surface area (Å²) in [5, 5.41) is 2.76. The third kappa shape index (κ3) is 2.68. The number of nitrogens with one attached hydrogen (secondary N) is 1. The fraction of sp³-hybridized carbons (Fsp3) is 0.400. The second kappa shape index (κ2) is 4.21. The van der Waals surface area contributed by atoms with E-state index in [0.29, 0.717) is 5.69 Å². The number of para-hydroxylation sites is 1. The Labute approximate surface area is 76.8 Å². The van der Waals surface area contributed by atoms with Gasteiger partial charge in [-0.05, 0) is 26.0 Å². The van der Waals surface area contributed by atoms with Crippen LogP contribution in [0, 0.1) is 5.82 Å². The van der Waals surface area contributed by atoms with Gasteiger partial charge in [-0.1, -0.05) is 12.1 Å². The minimum absolute atomic E-state index is 0.347. The van der Waals surface area contributed by atoms with Crippen LogP contribution in [-0.4, -0.2) is 12.2 Å². The third-order valence-corrected chi connectivity index (χ3v) is 1.95. The van der Waals surface area contributed by atoms with Crippen LogP contribution in [0.5, 0.6) is 0 Å². The van der Waals surface area contributed by atoms with Crippen LogP contribution in [0.4, 0.5) is 14.5 Å². The summed E-state index contributed by atoms with van der Waals surface area (Å²) in [5.41, 5.74) is 0.347. The van der Waals surface area contributed by atoms with Crippen molar-refractivity contribution in [2.24, 2.45) is 0 Å². The summed E-state index contributed by atoms with van der Waals surface area (Å²) >= 11 is 0. The summed E-state index contributed by atoms with van der Waals surface area (Å²) in [5.74, 6) is -0.352. The second-order valence-corrected chi connectivity index (χ2v) is 3.09. The normalized spacial score (nSPS) is 15.1. The zero-order valence-corrected chi connectivity index (χ0v) is 7.72. The quantitative estimate of drug-likeness (QED) is 0.763. The number of benzene rings is 1. The highest BCUT2D eigenvalue weighted by atomic mass is 19.1. The molecule has 0 saturated heterocycles. The number of rotatable bonds is 3. The van der Waals surface area contributed by atoms with Crippen LogP contribution >= 0.6 is 0 Å². The maximum Gasteiger partial charge on any atom is 0.146 e. The van der Waals surface area contributed by atoms with Crippen molar-refractivity contribution in [3.63, 3.8) is 0 Å². The monoisotopic (exact) mass is 185 g/mol. The van der Waals surface area contributed by atoms with Crippen molar-refractivity contribution < 1.29 is 8.78 Å². The molecule has 2 unspecified atom stereocenters. The largest absolute Gasteiger partial charge is 0.377 e. The molecule has 1 N–H and O–H groups in total. The predicted octanol–water partition coefficient (Wildman–Crippen LogP) is 2.98. The molecule has 0 fully saturated rings. The predicted molar refractivity (Wildman–Crippen MR) is 50.1 cm³/mol. The van der Waals surface area contributed by atoms with E-state index in [1.54, 1.807) is 25.1 Å². The zero-order chi connectivity index (χ0) is 9.84. The number of alkyl halides is 1. The Morgan fingerprint density at radius 1 is 1.23 bits per heavy atom. The van der Waals surface area contributed by atoms with Crippen LogP contribution in [0.25, 0.3) is 0 Å². The first-order chi connectivity index (χ1) is 6.11. The summed E-state index contributed by atoms with van der Waals surface area (Å²) in [7, 11) is 0. The van der Waals surface area contributed by atoms with E-state index < -0.39 is 6.17 Å². The highest BCUT2D eigenvalue weighted by Gasteiger charge is 2.11. The van der Waals surface area contributed by atoms with Gasteiger partial charge in [0.25, 0.3) is 0 Å². The number of halogens is 2. The smallest absolute Gasteiger partial charge is 0.146 e. The van der Waals surface area contributed by atoms with Gasteiger partial charge < -0.3 is 5.32 Å². The summed E-state index contributed by atoms with van der Waals surface area (Å²) in [4.78, 5) is 0. The van der Waals surface area contributed by atoms with E-state index in [2.05, 4.69) is 5.32 Å². The van der Waals surface area contributed by atoms with E-state index in [1.807, 2.05) is 0 Å². The van der Waals surface area contributed by atoms with E-state index in [-0.39, 0.29) is 11.9 Å². The maximum absolute atomic E-state index is 13.0. The van der Waals surface area contributed by atoms with Gasteiger partial charge in [0.05, 0.1) is 11.7 Å². The van der Waals surface area contributed by atoms with Gasteiger partial charge in [-0.15, -0.1) is 0 Å². The molecule has 0 aromatic heterocycles. The van der Waals surface area contributed by atoms with E-state index >= 15 is 0 Å². The Bertz CT molecular complexity index is 273. The Morgan fingerprint density at radius 3 is 2.38 bits per heavy atom. The molecule has 13 heavy (non-hydrogen) atoms. The average Bonchev–Trinajstić information content (AvgIpc) is 2.08. The first-order valence-electron chi connectivity index (χ1n) is 4.26. The highest BCUT2D eigenvalue weighted by molar-refractivity contribution is 5.45. The van der Waals surface area contributed by atoms with Gasteiger partial charge in [0.15, 0.2) is 0 Å². The SMILES string of the molecule is CC(F)C(C)Nc1ccccc1F. The standard InChI is InChI=1S/C10H13F2N/c1-7(11)8(2)13-10-6-4-3-5-9(10)12/h3-8,13H,1-2H3. The van der Waals surface area contributed by atoms with Gasteiger partial charge in [-0.2, -0.15) is 0 Å². The van der Waals surface area contributed by atoms with Crippen molar-refractivity contribution in [2.75, 3.05) is 5.32 Å². The molecule has 2 atom stereocenters. The van der Waals surface area contributed by atoms with Crippen LogP contribution in [-0.2, 0) is 0 Å². The Balaban J connectivity index is 2.69. The molecule has 0 amide bonds. The number of anilines is 1. The van der Waals surface area contributed by atoms with Crippen LogP contribution in [0.1, 0.15) is 13.8 Å². The van der Waals surface area contributed by atoms with Crippen LogP contribution in [0.15, 0.2) is 24.3 Å². The lowest BCUT2D eigenvalue weighted by Gasteiger charge is -2.16. The van der Waals surface area contributed by atoms with Crippen molar-refractivity contribution in [3.05, 3.63) is 30.1 Å². The Hall–Kier alpha value is -1.12. The van der Waals surface area contributed by atoms with Crippen molar-refractivity contribution in [3.8, 4) is 0 Å². The minimum Gasteiger partial charge on any atom is -0.377 e. The van der Waals surface area contributed by atoms with E-state index in [4.69, 9.17) is 0 Å². The Kier molecular flexibility index (Phi) is 3.23. The van der Waals surface area contributed by atoms with Gasteiger partial charge in [0.1, 0.15) is 12.0 Å². The molecule has 1 aromatic rings. The van der Waals surface area contributed by atoms with Gasteiger partial charge >= 0.3 is 0 Å². The lowest BCUT2D eigenvalue weighted by molar-refractivity contribution is 0.329. The summed E-state index contributed by atoms with van der Waals surface area (Å²) < 4.78 is 25.8. The van der Waals surface area contributed by atoms with E-state index in [0.717, 1.165) is 0 Å². The second-order valence-electron chi connectivity index (χ2n) is 3.09. The molecule has 0 spiro atoms. The Morgan fingerprint density at radius 2 is 1.85 bits per heavy atom. The van der Waals surface area contributed by atoms with Gasteiger partial charge in [-0.25, -0.2) is 8.78 Å². The van der Waals surface area contributed by atoms with Crippen LogP contribution < -0.4 is 5.32 Å². The fourth-order valence-corrected chi connectivity index (χ4v) is 0.938. The van der Waals surface area contributed by atoms with Gasteiger partial charge in [0, 0.05) is 0 Å². The molecule has 0 bridgehead atoms. The van der Waals surface area contributed by atoms with Crippen molar-refractivity contribution in [1.82, 2.24) is 0 Å². The lowest BCUT2D eigenvalue weighted by Crippen LogP contribution is -2.25. The summed E-state index contributed by atoms with van der Waals surface area (Å²) in [6.45, 7) is 3.12. The molecule has 3 heteroatoms. The lowest BCUT2D eigenvalue weighted by atomic mass is 10.2. The van der Waals surface area contributed by atoms with E-state index in [9.17, 15) is 8.78 Å². The molecule has 0 radical (unpaired) electrons. The van der Waals surface area contributed by atoms with E-state index in [1.165, 1.54) is 13.0 Å². The molecule has 0 aliphatic carbocycles. The van der Waals surface area contributed by atoms with Crippen LogP contribution in [0.3, 0.4) is 0 Å². The van der Waals surface area contributed by atoms with Gasteiger partial charge in [0.2, 0.25) is 0 Å². The fourth-order valence-electron chi connectivity index (χ4n) is 0.938. The van der Waals surface area contributed by atoms with Gasteiger partial charge in [-0.3, -0.25) is 0 Å². The summed E-state index contributed by atoms with van der Waals surface area (Å²) in [6.07, 6.45) is -1.00. The molecular formula is C10H13F2N. The topological polar surface area (TPSA) is 12.0 Å². The number of hydrogen-bond donors (Lipinski definition) is 1. The minimum atomic E-state index is -1.00. The average molecular weight is 185 g/mol. The molecule has 1 rings (SSSR count). The molecule has 72 valence electrons. The summed E-state index contributed by atoms with van der Waals surface area (Å²) in [6, 6.07) is 5.87. The zero-order valence-electron chi connectivity index (χ0n) is 7.72. The molecule has 0 heterocycles. The molecular weight excluding hydrogens is 172 g/mol. The van der Waals surface area contributed by atoms with Crippen molar-refractivity contribution >= 4 is 5.69 Å². The van der Waals surface area contributed by atoms with Crippen molar-refractivity contribution in [2.45, 2.75) is 26.1 Å².